The molecule has 2 aromatic heterocycles. The maximum Gasteiger partial charge on any atom is 0.260 e. The number of nitrogens with zero attached hydrogens (tertiary/aromatic N) is 2. The molecule has 3 aromatic rings. The molecular formula is C17H10Br2ClF3N4O. The second kappa shape index (κ2) is 9.85. The molecule has 0 spiro atoms. The number of hydrogen-bond acceptors (Lipinski definition) is 4. The van der Waals surface area contributed by atoms with E-state index in [0.717, 1.165) is 18.5 Å². The quantitative estimate of drug-likeness (QED) is 0.446. The van der Waals surface area contributed by atoms with Crippen molar-refractivity contribution in [3.05, 3.63) is 80.0 Å². The number of benzene rings is 1. The van der Waals surface area contributed by atoms with Gasteiger partial charge >= 0.3 is 0 Å². The first-order chi connectivity index (χ1) is 13.2. The number of nitrogens with one attached hydrogen (secondary N) is 1. The lowest BCUT2D eigenvalue weighted by Gasteiger charge is -2.09. The first kappa shape index (κ1) is 22.1. The van der Waals surface area contributed by atoms with Crippen molar-refractivity contribution in [3.63, 3.8) is 0 Å². The Hall–Kier alpha value is -2.17. The van der Waals surface area contributed by atoms with E-state index in [1.165, 1.54) is 24.5 Å². The molecule has 0 aliphatic carbocycles. The van der Waals surface area contributed by atoms with Crippen molar-refractivity contribution in [2.75, 3.05) is 11.1 Å². The molecule has 0 radical (unpaired) electrons. The van der Waals surface area contributed by atoms with E-state index in [-0.39, 0.29) is 26.4 Å². The summed E-state index contributed by atoms with van der Waals surface area (Å²) in [7, 11) is 0. The van der Waals surface area contributed by atoms with Gasteiger partial charge in [0.1, 0.15) is 5.82 Å². The Morgan fingerprint density at radius 3 is 2.11 bits per heavy atom. The number of anilines is 2. The minimum atomic E-state index is -0.839. The Labute approximate surface area is 179 Å². The second-order valence-electron chi connectivity index (χ2n) is 5.05. The summed E-state index contributed by atoms with van der Waals surface area (Å²) in [5.74, 6) is -2.86. The lowest BCUT2D eigenvalue weighted by atomic mass is 10.2. The van der Waals surface area contributed by atoms with E-state index in [0.29, 0.717) is 4.47 Å². The van der Waals surface area contributed by atoms with Crippen LogP contribution in [0.15, 0.2) is 51.9 Å². The molecule has 3 N–H and O–H groups in total. The molecule has 0 fully saturated rings. The highest BCUT2D eigenvalue weighted by molar-refractivity contribution is 9.11. The SMILES string of the molecule is Nc1c(F)cncc1Br.O=C(Nc1c(F)cncc1Br)c1c(F)cccc1Cl. The monoisotopic (exact) mass is 536 g/mol. The highest BCUT2D eigenvalue weighted by Gasteiger charge is 2.18. The maximum absolute atomic E-state index is 13.5. The fraction of sp³-hybridized carbons (Fsp3) is 0. The van der Waals surface area contributed by atoms with Crippen LogP contribution in [0.3, 0.4) is 0 Å². The van der Waals surface area contributed by atoms with Crippen molar-refractivity contribution >= 4 is 60.7 Å². The summed E-state index contributed by atoms with van der Waals surface area (Å²) in [6, 6.07) is 3.84. The van der Waals surface area contributed by atoms with Gasteiger partial charge in [-0.1, -0.05) is 17.7 Å². The molecule has 1 aromatic carbocycles. The van der Waals surface area contributed by atoms with Crippen molar-refractivity contribution in [3.8, 4) is 0 Å². The number of rotatable bonds is 2. The number of nitrogens with two attached hydrogens (primary N) is 1. The number of halogens is 6. The van der Waals surface area contributed by atoms with Crippen LogP contribution in [0, 0.1) is 17.5 Å². The van der Waals surface area contributed by atoms with Gasteiger partial charge in [-0.05, 0) is 44.0 Å². The molecule has 0 unspecified atom stereocenters. The van der Waals surface area contributed by atoms with E-state index in [4.69, 9.17) is 17.3 Å². The lowest BCUT2D eigenvalue weighted by Crippen LogP contribution is -2.16. The lowest BCUT2D eigenvalue weighted by molar-refractivity contribution is 0.102. The van der Waals surface area contributed by atoms with Crippen LogP contribution in [0.2, 0.25) is 5.02 Å². The average Bonchev–Trinajstić information content (AvgIpc) is 2.63. The number of aromatic nitrogens is 2. The molecule has 0 saturated heterocycles. The van der Waals surface area contributed by atoms with E-state index in [1.54, 1.807) is 0 Å². The number of nitrogen functional groups attached to an aromatic ring is 1. The van der Waals surface area contributed by atoms with Crippen LogP contribution in [0.25, 0.3) is 0 Å². The third kappa shape index (κ3) is 5.43. The van der Waals surface area contributed by atoms with Gasteiger partial charge in [0, 0.05) is 12.4 Å². The number of carbonyl (C=O) groups excluding carboxylic acids is 1. The Kier molecular flexibility index (Phi) is 7.78. The zero-order chi connectivity index (χ0) is 20.8. The number of pyridine rings is 2. The van der Waals surface area contributed by atoms with Crippen molar-refractivity contribution in [1.82, 2.24) is 9.97 Å². The van der Waals surface area contributed by atoms with Crippen LogP contribution in [0.5, 0.6) is 0 Å². The summed E-state index contributed by atoms with van der Waals surface area (Å²) in [4.78, 5) is 19.0. The fourth-order valence-electron chi connectivity index (χ4n) is 1.84. The molecule has 11 heteroatoms. The molecule has 146 valence electrons. The van der Waals surface area contributed by atoms with Crippen LogP contribution >= 0.6 is 43.5 Å². The van der Waals surface area contributed by atoms with Crippen molar-refractivity contribution < 1.29 is 18.0 Å². The normalized spacial score (nSPS) is 10.1. The highest BCUT2D eigenvalue weighted by Crippen LogP contribution is 2.26. The van der Waals surface area contributed by atoms with Crippen molar-refractivity contribution in [2.45, 2.75) is 0 Å². The van der Waals surface area contributed by atoms with Crippen LogP contribution in [-0.2, 0) is 0 Å². The predicted octanol–water partition coefficient (Wildman–Crippen LogP) is 5.59. The molecule has 0 aliphatic rings. The number of hydrogen-bond donors (Lipinski definition) is 2. The molecule has 0 saturated carbocycles. The Bertz CT molecular complexity index is 963. The van der Waals surface area contributed by atoms with Gasteiger partial charge in [-0.3, -0.25) is 14.8 Å². The Morgan fingerprint density at radius 1 is 0.964 bits per heavy atom. The summed E-state index contributed by atoms with van der Waals surface area (Å²) in [6.45, 7) is 0. The van der Waals surface area contributed by atoms with Crippen LogP contribution in [-0.4, -0.2) is 15.9 Å². The standard InChI is InChI=1S/C12H6BrClF2N2O.C5H4BrFN2/c13-6-4-17-5-9(16)11(6)18-12(19)10-7(14)2-1-3-8(10)15;6-3-1-9-2-4(7)5(3)8/h1-5H,(H,17,18,19);1-2H,(H2,8,9). The van der Waals surface area contributed by atoms with Gasteiger partial charge in [-0.2, -0.15) is 0 Å². The maximum atomic E-state index is 13.5. The first-order valence-corrected chi connectivity index (χ1v) is 9.27. The highest BCUT2D eigenvalue weighted by atomic mass is 79.9. The van der Waals surface area contributed by atoms with Gasteiger partial charge < -0.3 is 11.1 Å². The summed E-state index contributed by atoms with van der Waals surface area (Å²) in [5, 5.41) is 2.20. The summed E-state index contributed by atoms with van der Waals surface area (Å²) in [6.07, 6.45) is 4.75. The van der Waals surface area contributed by atoms with E-state index < -0.39 is 23.4 Å². The third-order valence-electron chi connectivity index (χ3n) is 3.17. The molecule has 0 atom stereocenters. The van der Waals surface area contributed by atoms with Gasteiger partial charge in [0.2, 0.25) is 0 Å². The van der Waals surface area contributed by atoms with Crippen LogP contribution < -0.4 is 11.1 Å². The molecular weight excluding hydrogens is 528 g/mol. The van der Waals surface area contributed by atoms with Gasteiger partial charge in [-0.15, -0.1) is 0 Å². The Morgan fingerprint density at radius 2 is 1.57 bits per heavy atom. The fourth-order valence-corrected chi connectivity index (χ4v) is 2.81. The molecule has 3 rings (SSSR count). The number of amides is 1. The average molecular weight is 539 g/mol. The predicted molar refractivity (Wildman–Crippen MR) is 108 cm³/mol. The first-order valence-electron chi connectivity index (χ1n) is 7.31. The van der Waals surface area contributed by atoms with Gasteiger partial charge in [-0.25, -0.2) is 13.2 Å². The summed E-state index contributed by atoms with van der Waals surface area (Å²) in [5.41, 5.74) is 4.86. The zero-order valence-corrected chi connectivity index (χ0v) is 17.6. The topological polar surface area (TPSA) is 80.9 Å². The minimum Gasteiger partial charge on any atom is -0.395 e. The molecule has 28 heavy (non-hydrogen) atoms. The van der Waals surface area contributed by atoms with E-state index in [9.17, 15) is 18.0 Å². The molecule has 0 bridgehead atoms. The van der Waals surface area contributed by atoms with Gasteiger partial charge in [0.05, 0.1) is 43.3 Å². The van der Waals surface area contributed by atoms with E-state index >= 15 is 0 Å². The molecule has 0 aliphatic heterocycles. The number of carbonyl (C=O) groups is 1. The van der Waals surface area contributed by atoms with Crippen LogP contribution in [0.4, 0.5) is 24.5 Å². The van der Waals surface area contributed by atoms with Gasteiger partial charge in [0.15, 0.2) is 11.6 Å². The third-order valence-corrected chi connectivity index (χ3v) is 4.72. The molecule has 1 amide bonds. The Balaban J connectivity index is 0.000000261. The van der Waals surface area contributed by atoms with Gasteiger partial charge in [0.25, 0.3) is 5.91 Å². The smallest absolute Gasteiger partial charge is 0.260 e. The summed E-state index contributed by atoms with van der Waals surface area (Å²) < 4.78 is 40.1. The largest absolute Gasteiger partial charge is 0.395 e. The zero-order valence-electron chi connectivity index (χ0n) is 13.7. The second-order valence-corrected chi connectivity index (χ2v) is 7.16. The van der Waals surface area contributed by atoms with Crippen molar-refractivity contribution in [1.29, 1.82) is 0 Å². The van der Waals surface area contributed by atoms with E-state index in [1.807, 2.05) is 0 Å². The molecule has 2 heterocycles. The molecule has 5 nitrogen and oxygen atoms in total. The minimum absolute atomic E-state index is 0.0527. The van der Waals surface area contributed by atoms with E-state index in [2.05, 4.69) is 47.1 Å². The van der Waals surface area contributed by atoms with Crippen LogP contribution in [0.1, 0.15) is 10.4 Å². The van der Waals surface area contributed by atoms with Crippen molar-refractivity contribution in [2.24, 2.45) is 0 Å². The summed E-state index contributed by atoms with van der Waals surface area (Å²) >= 11 is 11.8.